The molecule has 1 aromatic heterocycles. The van der Waals surface area contributed by atoms with Crippen LogP contribution in [0.3, 0.4) is 0 Å². The van der Waals surface area contributed by atoms with Crippen LogP contribution in [0.5, 0.6) is 0 Å². The molecule has 4 aromatic carbocycles. The average molecular weight is 660 g/mol. The van der Waals surface area contributed by atoms with Gasteiger partial charge < -0.3 is 10.6 Å². The number of carbonyl (C=O) groups excluding carboxylic acids is 1. The topological polar surface area (TPSA) is 109 Å². The monoisotopic (exact) mass is 659 g/mol. The van der Waals surface area contributed by atoms with Gasteiger partial charge in [0.05, 0.1) is 10.4 Å². The van der Waals surface area contributed by atoms with Gasteiger partial charge in [-0.05, 0) is 80.1 Å². The SMILES string of the molecule is CC1CN(Cc2cc(F)c(F)c(F)c2)CC(C)N1C(=O)c1ccc(NS(=O)(=O)c2ccc(N)cc2-c2cccc3cccnc23)cc1. The van der Waals surface area contributed by atoms with E-state index in [1.165, 1.54) is 24.3 Å². The van der Waals surface area contributed by atoms with Crippen molar-refractivity contribution in [1.29, 1.82) is 0 Å². The van der Waals surface area contributed by atoms with Crippen molar-refractivity contribution in [2.24, 2.45) is 0 Å². The Morgan fingerprint density at radius 1 is 0.894 bits per heavy atom. The minimum atomic E-state index is -4.09. The number of nitrogens with two attached hydrogens (primary N) is 1. The molecule has 1 aliphatic rings. The van der Waals surface area contributed by atoms with Crippen LogP contribution >= 0.6 is 0 Å². The Morgan fingerprint density at radius 2 is 1.55 bits per heavy atom. The highest BCUT2D eigenvalue weighted by Gasteiger charge is 2.33. The second-order valence-electron chi connectivity index (χ2n) is 11.8. The molecule has 47 heavy (non-hydrogen) atoms. The van der Waals surface area contributed by atoms with Crippen LogP contribution in [0.4, 0.5) is 24.5 Å². The highest BCUT2D eigenvalue weighted by atomic mass is 32.2. The van der Waals surface area contributed by atoms with Gasteiger partial charge in [0, 0.05) is 71.4 Å². The molecule has 1 saturated heterocycles. The van der Waals surface area contributed by atoms with Crippen LogP contribution in [0.1, 0.15) is 29.8 Å². The van der Waals surface area contributed by atoms with E-state index in [-0.39, 0.29) is 35.1 Å². The molecule has 6 rings (SSSR count). The van der Waals surface area contributed by atoms with E-state index in [2.05, 4.69) is 9.71 Å². The van der Waals surface area contributed by atoms with Crippen molar-refractivity contribution in [2.75, 3.05) is 23.5 Å². The number of aromatic nitrogens is 1. The number of pyridine rings is 1. The highest BCUT2D eigenvalue weighted by Crippen LogP contribution is 2.34. The van der Waals surface area contributed by atoms with Crippen molar-refractivity contribution < 1.29 is 26.4 Å². The highest BCUT2D eigenvalue weighted by molar-refractivity contribution is 7.92. The molecule has 0 bridgehead atoms. The maximum absolute atomic E-state index is 13.7. The minimum absolute atomic E-state index is 0.0247. The molecule has 0 spiro atoms. The van der Waals surface area contributed by atoms with Crippen LogP contribution in [0.2, 0.25) is 0 Å². The first-order valence-corrected chi connectivity index (χ1v) is 16.4. The number of sulfonamides is 1. The summed E-state index contributed by atoms with van der Waals surface area (Å²) in [6, 6.07) is 21.5. The van der Waals surface area contributed by atoms with Gasteiger partial charge in [0.1, 0.15) is 0 Å². The van der Waals surface area contributed by atoms with Crippen LogP contribution in [-0.2, 0) is 16.6 Å². The summed E-state index contributed by atoms with van der Waals surface area (Å²) in [4.78, 5) is 21.8. The molecule has 0 aliphatic carbocycles. The fraction of sp³-hybridized carbons (Fsp3) is 0.200. The van der Waals surface area contributed by atoms with Crippen molar-refractivity contribution in [3.63, 3.8) is 0 Å². The van der Waals surface area contributed by atoms with E-state index in [1.807, 2.05) is 43.0 Å². The number of anilines is 2. The summed E-state index contributed by atoms with van der Waals surface area (Å²) in [5.41, 5.74) is 9.09. The van der Waals surface area contributed by atoms with Crippen LogP contribution < -0.4 is 10.5 Å². The summed E-state index contributed by atoms with van der Waals surface area (Å²) in [5.74, 6) is -4.21. The Labute approximate surface area is 270 Å². The van der Waals surface area contributed by atoms with Crippen molar-refractivity contribution in [1.82, 2.24) is 14.8 Å². The third-order valence-corrected chi connectivity index (χ3v) is 9.72. The van der Waals surface area contributed by atoms with E-state index in [4.69, 9.17) is 5.73 Å². The molecule has 5 aromatic rings. The second kappa shape index (κ2) is 12.7. The van der Waals surface area contributed by atoms with Gasteiger partial charge in [0.15, 0.2) is 17.5 Å². The number of rotatable bonds is 7. The van der Waals surface area contributed by atoms with E-state index >= 15 is 0 Å². The molecule has 1 aliphatic heterocycles. The van der Waals surface area contributed by atoms with E-state index < -0.39 is 27.5 Å². The smallest absolute Gasteiger partial charge is 0.262 e. The van der Waals surface area contributed by atoms with E-state index in [0.717, 1.165) is 17.5 Å². The Kier molecular flexibility index (Phi) is 8.64. The van der Waals surface area contributed by atoms with Gasteiger partial charge in [-0.2, -0.15) is 0 Å². The average Bonchev–Trinajstić information content (AvgIpc) is 3.03. The molecule has 0 radical (unpaired) electrons. The maximum atomic E-state index is 13.7. The van der Waals surface area contributed by atoms with Crippen LogP contribution in [0.25, 0.3) is 22.0 Å². The maximum Gasteiger partial charge on any atom is 0.262 e. The molecular weight excluding hydrogens is 627 g/mol. The van der Waals surface area contributed by atoms with Gasteiger partial charge in [-0.15, -0.1) is 0 Å². The zero-order valence-electron chi connectivity index (χ0n) is 25.6. The lowest BCUT2D eigenvalue weighted by molar-refractivity contribution is 0.0268. The standard InChI is InChI=1S/C35H32F3N5O3S/c1-21-18-42(20-23-15-30(36)33(38)31(37)16-23)19-22(2)43(21)35(44)25-8-11-27(12-9-25)41-47(45,46)32-13-10-26(39)17-29(32)28-7-3-5-24-6-4-14-40-34(24)28/h3-17,21-22,41H,18-20,39H2,1-2H3. The van der Waals surface area contributed by atoms with Crippen LogP contribution in [-0.4, -0.2) is 54.3 Å². The molecule has 0 saturated carbocycles. The number of carbonyl (C=O) groups is 1. The summed E-state index contributed by atoms with van der Waals surface area (Å²) in [6.45, 7) is 4.83. The lowest BCUT2D eigenvalue weighted by Crippen LogP contribution is -2.58. The number of amides is 1. The fourth-order valence-electron chi connectivity index (χ4n) is 6.27. The first kappa shape index (κ1) is 32.0. The third kappa shape index (κ3) is 6.51. The molecule has 12 heteroatoms. The summed E-state index contributed by atoms with van der Waals surface area (Å²) in [6.07, 6.45) is 1.65. The van der Waals surface area contributed by atoms with Gasteiger partial charge >= 0.3 is 0 Å². The number of nitrogens with zero attached hydrogens (tertiary/aromatic N) is 3. The van der Waals surface area contributed by atoms with Gasteiger partial charge in [-0.3, -0.25) is 19.4 Å². The molecule has 2 atom stereocenters. The van der Waals surface area contributed by atoms with E-state index in [9.17, 15) is 26.4 Å². The van der Waals surface area contributed by atoms with Gasteiger partial charge in [-0.25, -0.2) is 21.6 Å². The molecular formula is C35H32F3N5O3S. The first-order chi connectivity index (χ1) is 22.4. The normalized spacial score (nSPS) is 17.2. The summed E-state index contributed by atoms with van der Waals surface area (Å²) in [5, 5.41) is 0.854. The van der Waals surface area contributed by atoms with Gasteiger partial charge in [0.25, 0.3) is 15.9 Å². The zero-order valence-corrected chi connectivity index (χ0v) is 26.4. The summed E-state index contributed by atoms with van der Waals surface area (Å²) < 4.78 is 70.9. The number of piperazine rings is 1. The summed E-state index contributed by atoms with van der Waals surface area (Å²) in [7, 11) is -4.09. The lowest BCUT2D eigenvalue weighted by atomic mass is 10.0. The van der Waals surface area contributed by atoms with Gasteiger partial charge in [-0.1, -0.05) is 24.3 Å². The van der Waals surface area contributed by atoms with E-state index in [0.29, 0.717) is 46.5 Å². The predicted octanol–water partition coefficient (Wildman–Crippen LogP) is 6.44. The molecule has 8 nitrogen and oxygen atoms in total. The van der Waals surface area contributed by atoms with Crippen LogP contribution in [0.15, 0.2) is 96.0 Å². The number of nitrogen functional groups attached to an aromatic ring is 1. The van der Waals surface area contributed by atoms with E-state index in [1.54, 1.807) is 35.4 Å². The number of hydrogen-bond donors (Lipinski definition) is 2. The fourth-order valence-corrected chi connectivity index (χ4v) is 7.54. The van der Waals surface area contributed by atoms with Crippen molar-refractivity contribution in [3.8, 4) is 11.1 Å². The van der Waals surface area contributed by atoms with Crippen LogP contribution in [0, 0.1) is 17.5 Å². The molecule has 2 unspecified atom stereocenters. The third-order valence-electron chi connectivity index (χ3n) is 8.28. The summed E-state index contributed by atoms with van der Waals surface area (Å²) >= 11 is 0. The number of nitrogens with one attached hydrogen (secondary N) is 1. The number of halogens is 3. The molecule has 3 N–H and O–H groups in total. The zero-order chi connectivity index (χ0) is 33.5. The quantitative estimate of drug-likeness (QED) is 0.154. The second-order valence-corrected chi connectivity index (χ2v) is 13.4. The molecule has 1 fully saturated rings. The van der Waals surface area contributed by atoms with Crippen molar-refractivity contribution >= 4 is 38.2 Å². The Hall–Kier alpha value is -4.94. The number of hydrogen-bond acceptors (Lipinski definition) is 6. The Balaban J connectivity index is 1.18. The number of para-hydroxylation sites is 1. The largest absolute Gasteiger partial charge is 0.399 e. The van der Waals surface area contributed by atoms with Crippen molar-refractivity contribution in [2.45, 2.75) is 37.4 Å². The number of fused-ring (bicyclic) bond motifs is 1. The number of benzene rings is 4. The first-order valence-electron chi connectivity index (χ1n) is 15.0. The Morgan fingerprint density at radius 3 is 2.23 bits per heavy atom. The Bertz CT molecular complexity index is 2050. The van der Waals surface area contributed by atoms with Crippen molar-refractivity contribution in [3.05, 3.63) is 120 Å². The lowest BCUT2D eigenvalue weighted by Gasteiger charge is -2.44. The molecule has 242 valence electrons. The molecule has 1 amide bonds. The van der Waals surface area contributed by atoms with Gasteiger partial charge in [0.2, 0.25) is 0 Å². The predicted molar refractivity (Wildman–Crippen MR) is 176 cm³/mol. The minimum Gasteiger partial charge on any atom is -0.399 e. The molecule has 2 heterocycles.